The Hall–Kier alpha value is -0.590. The number of aromatic nitrogens is 2. The first-order chi connectivity index (χ1) is 6.89. The maximum Gasteiger partial charge on any atom is 0.280 e. The molecule has 0 spiro atoms. The molecule has 0 saturated carbocycles. The lowest BCUT2D eigenvalue weighted by atomic mass is 10.5. The summed E-state index contributed by atoms with van der Waals surface area (Å²) < 4.78 is 28.7. The Morgan fingerprint density at radius 1 is 1.60 bits per heavy atom. The number of imidazole rings is 1. The van der Waals surface area contributed by atoms with Gasteiger partial charge in [-0.1, -0.05) is 0 Å². The zero-order valence-corrected chi connectivity index (χ0v) is 10.1. The van der Waals surface area contributed by atoms with Gasteiger partial charge < -0.3 is 9.30 Å². The molecule has 15 heavy (non-hydrogen) atoms. The first-order valence-corrected chi connectivity index (χ1v) is 6.78. The molecule has 0 unspecified atom stereocenters. The number of halogens is 1. The van der Waals surface area contributed by atoms with Gasteiger partial charge in [0.15, 0.2) is 5.03 Å². The molecular weight excluding hydrogens is 240 g/mol. The fourth-order valence-electron chi connectivity index (χ4n) is 0.982. The first-order valence-electron chi connectivity index (χ1n) is 4.47. The second kappa shape index (κ2) is 4.96. The van der Waals surface area contributed by atoms with Gasteiger partial charge in [-0.25, -0.2) is 13.4 Å². The number of hydrogen-bond donors (Lipinski definition) is 0. The molecule has 0 radical (unpaired) electrons. The van der Waals surface area contributed by atoms with E-state index in [1.165, 1.54) is 12.5 Å². The summed E-state index contributed by atoms with van der Waals surface area (Å²) in [5.41, 5.74) is 0. The Morgan fingerprint density at radius 2 is 2.27 bits per heavy atom. The van der Waals surface area contributed by atoms with Crippen LogP contribution in [0.1, 0.15) is 13.8 Å². The topological polar surface area (TPSA) is 61.2 Å². The fraction of sp³-hybridized carbons (Fsp3) is 0.625. The van der Waals surface area contributed by atoms with Crippen molar-refractivity contribution >= 4 is 19.7 Å². The molecule has 0 fully saturated rings. The second-order valence-corrected chi connectivity index (χ2v) is 5.82. The van der Waals surface area contributed by atoms with Gasteiger partial charge in [-0.2, -0.15) is 0 Å². The summed E-state index contributed by atoms with van der Waals surface area (Å²) in [6.07, 6.45) is 2.95. The van der Waals surface area contributed by atoms with E-state index in [2.05, 4.69) is 4.98 Å². The molecule has 0 bridgehead atoms. The fourth-order valence-corrected chi connectivity index (χ4v) is 1.65. The van der Waals surface area contributed by atoms with E-state index in [4.69, 9.17) is 15.4 Å². The Bertz CT molecular complexity index is 413. The molecule has 1 aromatic heterocycles. The van der Waals surface area contributed by atoms with Crippen molar-refractivity contribution in [2.75, 3.05) is 6.61 Å². The van der Waals surface area contributed by atoms with Gasteiger partial charge in [0.2, 0.25) is 0 Å². The lowest BCUT2D eigenvalue weighted by molar-refractivity contribution is 0.0727. The van der Waals surface area contributed by atoms with E-state index in [1.807, 2.05) is 13.8 Å². The van der Waals surface area contributed by atoms with Crippen molar-refractivity contribution < 1.29 is 13.2 Å². The van der Waals surface area contributed by atoms with Crippen LogP contribution in [0.5, 0.6) is 0 Å². The molecule has 0 aliphatic carbocycles. The molecule has 7 heteroatoms. The van der Waals surface area contributed by atoms with Crippen molar-refractivity contribution in [3.05, 3.63) is 12.5 Å². The molecule has 1 heterocycles. The molecule has 5 nitrogen and oxygen atoms in total. The van der Waals surface area contributed by atoms with E-state index in [1.54, 1.807) is 4.57 Å². The SMILES string of the molecule is CC(C)OCCn1cnc(S(=O)(=O)Cl)c1. The van der Waals surface area contributed by atoms with E-state index < -0.39 is 9.05 Å². The zero-order valence-electron chi connectivity index (χ0n) is 8.55. The quantitative estimate of drug-likeness (QED) is 0.740. The molecule has 0 aromatic carbocycles. The summed E-state index contributed by atoms with van der Waals surface area (Å²) in [5.74, 6) is 0. The van der Waals surface area contributed by atoms with Gasteiger partial charge >= 0.3 is 0 Å². The van der Waals surface area contributed by atoms with Gasteiger partial charge in [-0.3, -0.25) is 0 Å². The highest BCUT2D eigenvalue weighted by molar-refractivity contribution is 8.13. The lowest BCUT2D eigenvalue weighted by Crippen LogP contribution is -2.09. The minimum absolute atomic E-state index is 0.131. The van der Waals surface area contributed by atoms with Crippen LogP contribution >= 0.6 is 10.7 Å². The zero-order chi connectivity index (χ0) is 11.5. The summed E-state index contributed by atoms with van der Waals surface area (Å²) in [6, 6.07) is 0. The van der Waals surface area contributed by atoms with Crippen LogP contribution in [0.25, 0.3) is 0 Å². The van der Waals surface area contributed by atoms with Crippen molar-refractivity contribution in [2.24, 2.45) is 0 Å². The number of ether oxygens (including phenoxy) is 1. The molecular formula is C8H13ClN2O3S. The van der Waals surface area contributed by atoms with Crippen LogP contribution in [0, 0.1) is 0 Å². The molecule has 0 N–H and O–H groups in total. The van der Waals surface area contributed by atoms with Crippen LogP contribution in [0.4, 0.5) is 0 Å². The predicted molar refractivity (Wildman–Crippen MR) is 56.4 cm³/mol. The van der Waals surface area contributed by atoms with Crippen molar-refractivity contribution in [1.29, 1.82) is 0 Å². The Morgan fingerprint density at radius 3 is 2.73 bits per heavy atom. The summed E-state index contributed by atoms with van der Waals surface area (Å²) in [6.45, 7) is 4.93. The molecule has 0 aliphatic heterocycles. The second-order valence-electron chi connectivity index (χ2n) is 3.31. The smallest absolute Gasteiger partial charge is 0.280 e. The van der Waals surface area contributed by atoms with Crippen LogP contribution in [0.15, 0.2) is 17.6 Å². The van der Waals surface area contributed by atoms with Gasteiger partial charge in [-0.15, -0.1) is 0 Å². The molecule has 1 rings (SSSR count). The Balaban J connectivity index is 2.54. The van der Waals surface area contributed by atoms with Crippen molar-refractivity contribution in [3.8, 4) is 0 Å². The monoisotopic (exact) mass is 252 g/mol. The third kappa shape index (κ3) is 4.19. The summed E-state index contributed by atoms with van der Waals surface area (Å²) in [5, 5.41) is -0.131. The minimum atomic E-state index is -3.72. The molecule has 86 valence electrons. The standard InChI is InChI=1S/C8H13ClN2O3S/c1-7(2)14-4-3-11-5-8(10-6-11)15(9,12)13/h5-7H,3-4H2,1-2H3. The van der Waals surface area contributed by atoms with Gasteiger partial charge in [0.25, 0.3) is 9.05 Å². The van der Waals surface area contributed by atoms with Crippen LogP contribution in [0.3, 0.4) is 0 Å². The highest BCUT2D eigenvalue weighted by Crippen LogP contribution is 2.11. The highest BCUT2D eigenvalue weighted by Gasteiger charge is 2.13. The first kappa shape index (κ1) is 12.5. The summed E-state index contributed by atoms with van der Waals surface area (Å²) in [7, 11) is 1.40. The van der Waals surface area contributed by atoms with E-state index in [-0.39, 0.29) is 11.1 Å². The van der Waals surface area contributed by atoms with Crippen LogP contribution < -0.4 is 0 Å². The van der Waals surface area contributed by atoms with Crippen LogP contribution in [-0.2, 0) is 20.3 Å². The molecule has 0 aliphatic rings. The third-order valence-corrected chi connectivity index (χ3v) is 2.84. The predicted octanol–water partition coefficient (Wildman–Crippen LogP) is 1.24. The third-order valence-electron chi connectivity index (χ3n) is 1.66. The molecule has 0 saturated heterocycles. The number of rotatable bonds is 5. The number of nitrogens with zero attached hydrogens (tertiary/aromatic N) is 2. The molecule has 0 amide bonds. The van der Waals surface area contributed by atoms with Crippen molar-refractivity contribution in [2.45, 2.75) is 31.5 Å². The van der Waals surface area contributed by atoms with Crippen molar-refractivity contribution in [1.82, 2.24) is 9.55 Å². The Kier molecular flexibility index (Phi) is 4.12. The van der Waals surface area contributed by atoms with Gasteiger partial charge in [0.05, 0.1) is 19.0 Å². The Labute approximate surface area is 93.4 Å². The van der Waals surface area contributed by atoms with E-state index in [9.17, 15) is 8.42 Å². The van der Waals surface area contributed by atoms with E-state index in [0.717, 1.165) is 0 Å². The van der Waals surface area contributed by atoms with Gasteiger partial charge in [0.1, 0.15) is 0 Å². The van der Waals surface area contributed by atoms with Crippen LogP contribution in [0.2, 0.25) is 0 Å². The summed E-state index contributed by atoms with van der Waals surface area (Å²) in [4.78, 5) is 3.67. The van der Waals surface area contributed by atoms with Crippen LogP contribution in [-0.4, -0.2) is 30.7 Å². The highest BCUT2D eigenvalue weighted by atomic mass is 35.7. The molecule has 0 atom stereocenters. The summed E-state index contributed by atoms with van der Waals surface area (Å²) >= 11 is 0. The average Bonchev–Trinajstić information content (AvgIpc) is 2.51. The number of hydrogen-bond acceptors (Lipinski definition) is 4. The minimum Gasteiger partial charge on any atom is -0.377 e. The molecule has 1 aromatic rings. The van der Waals surface area contributed by atoms with Gasteiger partial charge in [0, 0.05) is 23.4 Å². The normalized spacial score (nSPS) is 12.3. The maximum atomic E-state index is 10.9. The van der Waals surface area contributed by atoms with E-state index in [0.29, 0.717) is 13.2 Å². The average molecular weight is 253 g/mol. The van der Waals surface area contributed by atoms with Crippen molar-refractivity contribution in [3.63, 3.8) is 0 Å². The lowest BCUT2D eigenvalue weighted by Gasteiger charge is -2.06. The largest absolute Gasteiger partial charge is 0.377 e. The maximum absolute atomic E-state index is 10.9. The van der Waals surface area contributed by atoms with E-state index >= 15 is 0 Å². The van der Waals surface area contributed by atoms with Gasteiger partial charge in [-0.05, 0) is 13.8 Å².